The molecule has 0 bridgehead atoms. The van der Waals surface area contributed by atoms with Crippen LogP contribution in [0.15, 0.2) is 208 Å². The number of piperazine rings is 3. The first kappa shape index (κ1) is 102. The van der Waals surface area contributed by atoms with Crippen LogP contribution in [0.4, 0.5) is 33.9 Å². The van der Waals surface area contributed by atoms with Crippen molar-refractivity contribution in [1.82, 2.24) is 74.4 Å². The molecule has 7 fully saturated rings. The molecule has 774 valence electrons. The van der Waals surface area contributed by atoms with Crippen molar-refractivity contribution in [3.8, 4) is 29.4 Å². The Labute approximate surface area is 864 Å². The Morgan fingerprint density at radius 2 is 0.752 bits per heavy atom. The van der Waals surface area contributed by atoms with Gasteiger partial charge in [-0.15, -0.1) is 0 Å². The Morgan fingerprint density at radius 1 is 0.396 bits per heavy atom. The molecule has 0 saturated carbocycles. The van der Waals surface area contributed by atoms with Crippen LogP contribution in [0.3, 0.4) is 0 Å². The molecule has 12 aliphatic rings. The van der Waals surface area contributed by atoms with Crippen LogP contribution in [0, 0.1) is 0 Å². The SMILES string of the molecule is C=CCOc1cc2c(cn1)CN=C2c1ccnc(N2CCOCC2)c1.CC(C)Oc1cc2c(cn1)CN=C2c1ccnc(N2CCN(C(=O)C3COCCO3)CC2)c1.CC(C)Oc1cc2c(cn1)CN=C2c1ccnc(N2CCN(C(=O)CN3CCOC3=O)CC2)c1.CC(C)Oc1cc2c(cn1)CN=C2c1ccnc(N2CCN(C(=O)c3cnco3)CC2)c1.CCCOc1cc2c(cn1)CN=C2c1ccnc(N2CCOCC2)c1. The maximum Gasteiger partial charge on any atom is 0.410 e. The molecule has 40 heteroatoms. The molecule has 23 heterocycles. The van der Waals surface area contributed by atoms with E-state index in [9.17, 15) is 19.2 Å². The zero-order chi connectivity index (χ0) is 103. The smallest absolute Gasteiger partial charge is 0.410 e. The molecule has 0 aromatic carbocycles. The lowest BCUT2D eigenvalue weighted by molar-refractivity contribution is -0.158. The summed E-state index contributed by atoms with van der Waals surface area (Å²) in [6, 6.07) is 30.2. The van der Waals surface area contributed by atoms with Crippen molar-refractivity contribution in [2.45, 2.75) is 112 Å². The Hall–Kier alpha value is -15.7. The van der Waals surface area contributed by atoms with E-state index in [0.29, 0.717) is 174 Å². The zero-order valence-corrected chi connectivity index (χ0v) is 85.0. The van der Waals surface area contributed by atoms with Gasteiger partial charge in [0.1, 0.15) is 48.8 Å². The van der Waals surface area contributed by atoms with Crippen LogP contribution in [0.25, 0.3) is 0 Å². The van der Waals surface area contributed by atoms with Gasteiger partial charge in [0.25, 0.3) is 11.8 Å². The fraction of sp³-hybridized carbons (Fsp3) is 0.413. The molecule has 0 N–H and O–H groups in total. The highest BCUT2D eigenvalue weighted by Crippen LogP contribution is 2.36. The van der Waals surface area contributed by atoms with Gasteiger partial charge in [-0.3, -0.25) is 44.2 Å². The van der Waals surface area contributed by atoms with Gasteiger partial charge in [-0.2, -0.15) is 0 Å². The van der Waals surface area contributed by atoms with Crippen molar-refractivity contribution >= 4 is 81.5 Å². The summed E-state index contributed by atoms with van der Waals surface area (Å²) < 4.78 is 60.4. The van der Waals surface area contributed by atoms with Gasteiger partial charge in [0.05, 0.1) is 145 Å². The highest BCUT2D eigenvalue weighted by atomic mass is 16.6. The lowest BCUT2D eigenvalue weighted by Crippen LogP contribution is -2.53. The van der Waals surface area contributed by atoms with Crippen LogP contribution in [0.2, 0.25) is 0 Å². The second-order valence-electron chi connectivity index (χ2n) is 37.7. The van der Waals surface area contributed by atoms with Crippen molar-refractivity contribution in [1.29, 1.82) is 0 Å². The van der Waals surface area contributed by atoms with E-state index in [4.69, 9.17) is 76.7 Å². The molecular weight excluding hydrogens is 1900 g/mol. The fourth-order valence-corrected chi connectivity index (χ4v) is 18.9. The van der Waals surface area contributed by atoms with Crippen molar-refractivity contribution in [3.05, 3.63) is 267 Å². The summed E-state index contributed by atoms with van der Waals surface area (Å²) in [6.45, 7) is 38.4. The second-order valence-corrected chi connectivity index (χ2v) is 37.7. The molecule has 11 aromatic rings. The van der Waals surface area contributed by atoms with Gasteiger partial charge in [-0.05, 0) is 109 Å². The lowest BCUT2D eigenvalue weighted by atomic mass is 10.0. The minimum absolute atomic E-state index is 0.0148. The first-order chi connectivity index (χ1) is 72.8. The number of pyridine rings is 10. The predicted octanol–water partition coefficient (Wildman–Crippen LogP) is 10.6. The zero-order valence-electron chi connectivity index (χ0n) is 85.0. The number of nitrogens with zero attached hydrogens (tertiary/aromatic N) is 25. The summed E-state index contributed by atoms with van der Waals surface area (Å²) in [7, 11) is 0. The average molecular weight is 2020 g/mol. The second kappa shape index (κ2) is 48.3. The van der Waals surface area contributed by atoms with Gasteiger partial charge < -0.3 is 91.0 Å². The lowest BCUT2D eigenvalue weighted by Gasteiger charge is -2.37. The third kappa shape index (κ3) is 25.1. The minimum Gasteiger partial charge on any atom is -0.478 e. The van der Waals surface area contributed by atoms with Crippen LogP contribution >= 0.6 is 0 Å². The molecule has 40 nitrogen and oxygen atoms in total. The number of hydrogen-bond acceptors (Lipinski definition) is 36. The van der Waals surface area contributed by atoms with Crippen molar-refractivity contribution in [2.75, 3.05) is 208 Å². The van der Waals surface area contributed by atoms with Crippen LogP contribution in [-0.2, 0) is 66.0 Å². The highest BCUT2D eigenvalue weighted by molar-refractivity contribution is 6.18. The first-order valence-corrected chi connectivity index (χ1v) is 51.0. The Balaban J connectivity index is 0.000000118. The topological polar surface area (TPSA) is 406 Å². The molecular formula is C109H123N25O15. The Kier molecular flexibility index (Phi) is 33.1. The predicted molar refractivity (Wildman–Crippen MR) is 560 cm³/mol. The fourth-order valence-electron chi connectivity index (χ4n) is 18.9. The summed E-state index contributed by atoms with van der Waals surface area (Å²) in [4.78, 5) is 140. The molecule has 0 radical (unpaired) electrons. The van der Waals surface area contributed by atoms with E-state index in [1.807, 2.05) is 163 Å². The summed E-state index contributed by atoms with van der Waals surface area (Å²) in [5, 5.41) is 0. The number of aromatic nitrogens is 11. The number of oxazole rings is 1. The summed E-state index contributed by atoms with van der Waals surface area (Å²) in [5.41, 5.74) is 20.8. The molecule has 23 rings (SSSR count). The Morgan fingerprint density at radius 3 is 1.09 bits per heavy atom. The van der Waals surface area contributed by atoms with Crippen molar-refractivity contribution < 1.29 is 71.0 Å². The maximum atomic E-state index is 12.7. The van der Waals surface area contributed by atoms with Crippen LogP contribution < -0.4 is 48.2 Å². The quantitative estimate of drug-likeness (QED) is 0.0454. The number of morpholine rings is 2. The van der Waals surface area contributed by atoms with E-state index < -0.39 is 12.2 Å². The molecule has 149 heavy (non-hydrogen) atoms. The van der Waals surface area contributed by atoms with Crippen LogP contribution in [-0.4, -0.2) is 335 Å². The van der Waals surface area contributed by atoms with Gasteiger partial charge in [0, 0.05) is 280 Å². The number of anilines is 5. The van der Waals surface area contributed by atoms with E-state index in [1.54, 1.807) is 22.1 Å². The normalized spacial score (nSPS) is 17.5. The first-order valence-electron chi connectivity index (χ1n) is 51.0. The van der Waals surface area contributed by atoms with Gasteiger partial charge in [0.15, 0.2) is 12.5 Å². The van der Waals surface area contributed by atoms with E-state index in [1.165, 1.54) is 17.5 Å². The van der Waals surface area contributed by atoms with Gasteiger partial charge in [0.2, 0.25) is 41.1 Å². The molecule has 1 unspecified atom stereocenters. The van der Waals surface area contributed by atoms with Gasteiger partial charge in [-0.1, -0.05) is 19.6 Å². The van der Waals surface area contributed by atoms with Gasteiger partial charge in [-0.25, -0.2) is 59.6 Å². The molecule has 4 amide bonds. The number of ether oxygens (including phenoxy) is 10. The Bertz CT molecular complexity index is 6760. The summed E-state index contributed by atoms with van der Waals surface area (Å²) >= 11 is 0. The standard InChI is InChI=1S/C24H28N6O4.C24H29N5O4.C23H24N6O3.C19H22N4O2.C19H20N4O2/c1-16(2)34-21-12-19-18(13-26-21)14-27-23(19)17-3-4-25-20(11-17)28-5-7-29(8-6-28)22(31)15-30-9-10-33-24(30)32;1-16(2)33-22-12-19-18(13-26-22)14-27-23(19)17-3-4-25-21(11-17)28-5-7-29(8-6-28)24(30)20-15-31-9-10-32-20;1-15(2)32-21-10-18-17(11-26-21)12-27-22(18)16-3-4-25-20(9-16)28-5-7-29(8-6-28)23(30)19-13-24-14-31-19;2*1-2-7-25-18-11-16-15(12-21-18)13-22-19(16)14-3-4-20-17(10-14)23-5-8-24-9-6-23/h3-4,11-13,16H,5-10,14-15H2,1-2H3;3-4,11-13,16,20H,5-10,14-15H2,1-2H3;3-4,9-11,13-15H,5-8,12H2,1-2H3;3-4,10-12H,2,5-9,13H2,1H3;2-4,10-12H,1,5-9,13H2. The number of fused-ring (bicyclic) bond motifs is 5. The summed E-state index contributed by atoms with van der Waals surface area (Å²) in [5.74, 6) is 7.75. The highest BCUT2D eigenvalue weighted by Gasteiger charge is 2.36. The van der Waals surface area contributed by atoms with Crippen molar-refractivity contribution in [2.24, 2.45) is 25.0 Å². The van der Waals surface area contributed by atoms with E-state index in [2.05, 4.69) is 123 Å². The van der Waals surface area contributed by atoms with E-state index in [-0.39, 0.29) is 48.3 Å². The minimum atomic E-state index is -0.480. The monoisotopic (exact) mass is 2020 g/mol. The van der Waals surface area contributed by atoms with Crippen LogP contribution in [0.5, 0.6) is 29.4 Å². The van der Waals surface area contributed by atoms with Crippen LogP contribution in [0.1, 0.15) is 149 Å². The largest absolute Gasteiger partial charge is 0.478 e. The number of carbonyl (C=O) groups is 4. The molecule has 1 atom stereocenters. The summed E-state index contributed by atoms with van der Waals surface area (Å²) in [6.07, 6.45) is 23.1. The third-order valence-corrected chi connectivity index (χ3v) is 26.4. The van der Waals surface area contributed by atoms with Gasteiger partial charge >= 0.3 is 6.09 Å². The molecule has 0 aliphatic carbocycles. The maximum absolute atomic E-state index is 12.7. The average Bonchev–Trinajstić information content (AvgIpc) is 1.66. The van der Waals surface area contributed by atoms with E-state index >= 15 is 0 Å². The molecule has 12 aliphatic heterocycles. The van der Waals surface area contributed by atoms with E-state index in [0.717, 1.165) is 213 Å². The third-order valence-electron chi connectivity index (χ3n) is 26.4. The molecule has 11 aromatic heterocycles. The molecule has 0 spiro atoms. The molecule has 7 saturated heterocycles. The number of rotatable bonds is 26. The number of cyclic esters (lactones) is 1. The number of carbonyl (C=O) groups excluding carboxylic acids is 4. The number of amides is 4. The number of aliphatic imine (C=N–C) groups is 5. The number of hydrogen-bond donors (Lipinski definition) is 0. The van der Waals surface area contributed by atoms with Crippen molar-refractivity contribution in [3.63, 3.8) is 0 Å².